The van der Waals surface area contributed by atoms with E-state index in [2.05, 4.69) is 6.08 Å². The Morgan fingerprint density at radius 3 is 2.82 bits per heavy atom. The van der Waals surface area contributed by atoms with E-state index < -0.39 is 0 Å². The van der Waals surface area contributed by atoms with Crippen LogP contribution >= 0.6 is 0 Å². The van der Waals surface area contributed by atoms with Crippen LogP contribution in [0.15, 0.2) is 35.9 Å². The molecule has 0 amide bonds. The molecule has 1 aromatic rings. The van der Waals surface area contributed by atoms with Crippen molar-refractivity contribution in [3.05, 3.63) is 35.9 Å². The molecule has 17 heavy (non-hydrogen) atoms. The fraction of sp³-hybridized carbons (Fsp3) is 0.429. The molecule has 2 atom stereocenters. The molecular formula is C14H17NO2. The molecule has 3 rings (SSSR count). The summed E-state index contributed by atoms with van der Waals surface area (Å²) in [6, 6.07) is 7.71. The van der Waals surface area contributed by atoms with E-state index in [1.54, 1.807) is 0 Å². The Bertz CT molecular complexity index is 442. The SMILES string of the molecule is NC(C1=CCCC1)C1COc2ccccc2O1. The highest BCUT2D eigenvalue weighted by molar-refractivity contribution is 5.41. The zero-order chi connectivity index (χ0) is 11.7. The molecule has 1 aliphatic carbocycles. The minimum Gasteiger partial charge on any atom is -0.486 e. The highest BCUT2D eigenvalue weighted by atomic mass is 16.6. The van der Waals surface area contributed by atoms with Crippen LogP contribution in [-0.2, 0) is 0 Å². The normalized spacial score (nSPS) is 24.3. The largest absolute Gasteiger partial charge is 0.486 e. The van der Waals surface area contributed by atoms with Gasteiger partial charge in [0.15, 0.2) is 17.6 Å². The van der Waals surface area contributed by atoms with Gasteiger partial charge in [-0.3, -0.25) is 0 Å². The Balaban J connectivity index is 1.75. The third kappa shape index (κ3) is 2.03. The van der Waals surface area contributed by atoms with Gasteiger partial charge in [-0.1, -0.05) is 23.8 Å². The highest BCUT2D eigenvalue weighted by Gasteiger charge is 2.29. The van der Waals surface area contributed by atoms with Gasteiger partial charge < -0.3 is 15.2 Å². The summed E-state index contributed by atoms with van der Waals surface area (Å²) < 4.78 is 11.6. The van der Waals surface area contributed by atoms with Crippen LogP contribution in [0.1, 0.15) is 19.3 Å². The maximum atomic E-state index is 6.24. The van der Waals surface area contributed by atoms with Crippen LogP contribution in [0.25, 0.3) is 0 Å². The molecule has 0 saturated heterocycles. The fourth-order valence-corrected chi connectivity index (χ4v) is 2.45. The second kappa shape index (κ2) is 4.41. The molecule has 0 spiro atoms. The Labute approximate surface area is 101 Å². The third-order valence-corrected chi connectivity index (χ3v) is 3.44. The summed E-state index contributed by atoms with van der Waals surface area (Å²) in [7, 11) is 0. The lowest BCUT2D eigenvalue weighted by Gasteiger charge is -2.31. The summed E-state index contributed by atoms with van der Waals surface area (Å²) in [4.78, 5) is 0. The summed E-state index contributed by atoms with van der Waals surface area (Å²) in [6.07, 6.45) is 5.65. The van der Waals surface area contributed by atoms with Crippen molar-refractivity contribution in [3.63, 3.8) is 0 Å². The van der Waals surface area contributed by atoms with Crippen molar-refractivity contribution in [1.82, 2.24) is 0 Å². The van der Waals surface area contributed by atoms with Gasteiger partial charge in [0, 0.05) is 0 Å². The molecule has 2 unspecified atom stereocenters. The maximum Gasteiger partial charge on any atom is 0.161 e. The lowest BCUT2D eigenvalue weighted by atomic mass is 10.0. The van der Waals surface area contributed by atoms with Crippen LogP contribution < -0.4 is 15.2 Å². The van der Waals surface area contributed by atoms with Gasteiger partial charge in [0.1, 0.15) is 6.61 Å². The minimum absolute atomic E-state index is 0.0362. The van der Waals surface area contributed by atoms with Crippen molar-refractivity contribution in [2.75, 3.05) is 6.61 Å². The number of hydrogen-bond donors (Lipinski definition) is 1. The number of hydrogen-bond acceptors (Lipinski definition) is 3. The second-order valence-corrected chi connectivity index (χ2v) is 4.61. The number of ether oxygens (including phenoxy) is 2. The number of benzene rings is 1. The predicted octanol–water partition coefficient (Wildman–Crippen LogP) is 2.26. The van der Waals surface area contributed by atoms with Crippen molar-refractivity contribution in [3.8, 4) is 11.5 Å². The zero-order valence-electron chi connectivity index (χ0n) is 9.76. The third-order valence-electron chi connectivity index (χ3n) is 3.44. The molecule has 0 fully saturated rings. The van der Waals surface area contributed by atoms with Gasteiger partial charge in [-0.25, -0.2) is 0 Å². The Hall–Kier alpha value is -1.48. The topological polar surface area (TPSA) is 44.5 Å². The molecule has 2 N–H and O–H groups in total. The number of allylic oxidation sites excluding steroid dienone is 1. The lowest BCUT2D eigenvalue weighted by Crippen LogP contribution is -2.45. The van der Waals surface area contributed by atoms with Crippen molar-refractivity contribution < 1.29 is 9.47 Å². The van der Waals surface area contributed by atoms with Gasteiger partial charge in [0.05, 0.1) is 6.04 Å². The van der Waals surface area contributed by atoms with E-state index in [1.165, 1.54) is 12.0 Å². The van der Waals surface area contributed by atoms with Gasteiger partial charge >= 0.3 is 0 Å². The monoisotopic (exact) mass is 231 g/mol. The van der Waals surface area contributed by atoms with Gasteiger partial charge in [-0.2, -0.15) is 0 Å². The van der Waals surface area contributed by atoms with E-state index in [0.717, 1.165) is 24.3 Å². The standard InChI is InChI=1S/C14H17NO2/c15-14(10-5-1-2-6-10)13-9-16-11-7-3-4-8-12(11)17-13/h3-5,7-8,13-14H,1-2,6,9,15H2. The van der Waals surface area contributed by atoms with Gasteiger partial charge in [0.25, 0.3) is 0 Å². The maximum absolute atomic E-state index is 6.24. The quantitative estimate of drug-likeness (QED) is 0.794. The van der Waals surface area contributed by atoms with Crippen LogP contribution in [-0.4, -0.2) is 18.8 Å². The lowest BCUT2D eigenvalue weighted by molar-refractivity contribution is 0.0796. The zero-order valence-corrected chi connectivity index (χ0v) is 9.76. The Kier molecular flexibility index (Phi) is 2.77. The van der Waals surface area contributed by atoms with Crippen LogP contribution in [0.4, 0.5) is 0 Å². The summed E-state index contributed by atoms with van der Waals surface area (Å²) >= 11 is 0. The van der Waals surface area contributed by atoms with Gasteiger partial charge in [-0.15, -0.1) is 0 Å². The van der Waals surface area contributed by atoms with E-state index in [0.29, 0.717) is 6.61 Å². The summed E-state index contributed by atoms with van der Waals surface area (Å²) in [5.41, 5.74) is 7.56. The first-order chi connectivity index (χ1) is 8.34. The molecule has 3 heteroatoms. The Morgan fingerprint density at radius 2 is 2.06 bits per heavy atom. The molecular weight excluding hydrogens is 214 g/mol. The minimum atomic E-state index is -0.0609. The predicted molar refractivity (Wildman–Crippen MR) is 66.3 cm³/mol. The van der Waals surface area contributed by atoms with E-state index >= 15 is 0 Å². The molecule has 0 radical (unpaired) electrons. The van der Waals surface area contributed by atoms with Crippen LogP contribution in [0.5, 0.6) is 11.5 Å². The Morgan fingerprint density at radius 1 is 1.24 bits per heavy atom. The number of para-hydroxylation sites is 2. The summed E-state index contributed by atoms with van der Waals surface area (Å²) in [6.45, 7) is 0.537. The molecule has 0 saturated carbocycles. The molecule has 0 bridgehead atoms. The smallest absolute Gasteiger partial charge is 0.161 e. The van der Waals surface area contributed by atoms with E-state index in [4.69, 9.17) is 15.2 Å². The van der Waals surface area contributed by atoms with Crippen LogP contribution in [0.3, 0.4) is 0 Å². The van der Waals surface area contributed by atoms with Crippen molar-refractivity contribution in [2.45, 2.75) is 31.4 Å². The molecule has 90 valence electrons. The van der Waals surface area contributed by atoms with E-state index in [-0.39, 0.29) is 12.1 Å². The first-order valence-electron chi connectivity index (χ1n) is 6.17. The van der Waals surface area contributed by atoms with Crippen LogP contribution in [0, 0.1) is 0 Å². The average Bonchev–Trinajstić information content (AvgIpc) is 2.91. The molecule has 3 nitrogen and oxygen atoms in total. The summed E-state index contributed by atoms with van der Waals surface area (Å²) in [5.74, 6) is 1.62. The molecule has 0 aromatic heterocycles. The number of fused-ring (bicyclic) bond motifs is 1. The first-order valence-corrected chi connectivity index (χ1v) is 6.17. The van der Waals surface area contributed by atoms with E-state index in [9.17, 15) is 0 Å². The number of rotatable bonds is 2. The molecule has 1 aliphatic heterocycles. The van der Waals surface area contributed by atoms with Gasteiger partial charge in [0.2, 0.25) is 0 Å². The van der Waals surface area contributed by atoms with E-state index in [1.807, 2.05) is 24.3 Å². The van der Waals surface area contributed by atoms with Crippen molar-refractivity contribution >= 4 is 0 Å². The molecule has 1 heterocycles. The molecule has 2 aliphatic rings. The summed E-state index contributed by atoms with van der Waals surface area (Å²) in [5, 5.41) is 0. The average molecular weight is 231 g/mol. The molecule has 1 aromatic carbocycles. The van der Waals surface area contributed by atoms with Crippen LogP contribution in [0.2, 0.25) is 0 Å². The highest BCUT2D eigenvalue weighted by Crippen LogP contribution is 2.33. The number of nitrogens with two attached hydrogens (primary N) is 1. The second-order valence-electron chi connectivity index (χ2n) is 4.61. The van der Waals surface area contributed by atoms with Gasteiger partial charge in [-0.05, 0) is 31.4 Å². The van der Waals surface area contributed by atoms with Crippen molar-refractivity contribution in [2.24, 2.45) is 5.73 Å². The van der Waals surface area contributed by atoms with Crippen molar-refractivity contribution in [1.29, 1.82) is 0 Å². The first kappa shape index (κ1) is 10.7. The fourth-order valence-electron chi connectivity index (χ4n) is 2.45.